The van der Waals surface area contributed by atoms with Crippen molar-refractivity contribution in [3.8, 4) is 11.8 Å². The number of hydrogen-bond acceptors (Lipinski definition) is 2. The first-order valence-electron chi connectivity index (χ1n) is 7.42. The van der Waals surface area contributed by atoms with Crippen LogP contribution in [0.3, 0.4) is 0 Å². The SMILES string of the molecule is CCCOc1c(C#N)cccc1C1CCC(C)CC1. The lowest BCUT2D eigenvalue weighted by Gasteiger charge is -2.28. The molecule has 2 nitrogen and oxygen atoms in total. The summed E-state index contributed by atoms with van der Waals surface area (Å²) in [6, 6.07) is 8.26. The molecule has 1 aliphatic rings. The van der Waals surface area contributed by atoms with Crippen LogP contribution in [-0.4, -0.2) is 6.61 Å². The van der Waals surface area contributed by atoms with Crippen molar-refractivity contribution in [1.29, 1.82) is 5.26 Å². The van der Waals surface area contributed by atoms with Crippen molar-refractivity contribution in [2.45, 2.75) is 51.9 Å². The zero-order chi connectivity index (χ0) is 13.7. The maximum absolute atomic E-state index is 9.25. The van der Waals surface area contributed by atoms with E-state index in [1.54, 1.807) is 0 Å². The Bertz CT molecular complexity index is 453. The van der Waals surface area contributed by atoms with Gasteiger partial charge in [0.25, 0.3) is 0 Å². The lowest BCUT2D eigenvalue weighted by Crippen LogP contribution is -2.13. The molecule has 1 saturated carbocycles. The van der Waals surface area contributed by atoms with Crippen LogP contribution in [0.15, 0.2) is 18.2 Å². The van der Waals surface area contributed by atoms with Gasteiger partial charge in [0.1, 0.15) is 11.8 Å². The summed E-state index contributed by atoms with van der Waals surface area (Å²) in [6.07, 6.45) is 5.99. The third kappa shape index (κ3) is 3.29. The first-order chi connectivity index (χ1) is 9.26. The summed E-state index contributed by atoms with van der Waals surface area (Å²) in [7, 11) is 0. The maximum atomic E-state index is 9.25. The van der Waals surface area contributed by atoms with Crippen LogP contribution in [0.1, 0.15) is 63.0 Å². The number of rotatable bonds is 4. The number of benzene rings is 1. The molecule has 2 rings (SSSR count). The van der Waals surface area contributed by atoms with Crippen LogP contribution in [0.2, 0.25) is 0 Å². The molecule has 0 aliphatic heterocycles. The molecule has 1 aromatic rings. The molecule has 2 heteroatoms. The molecule has 0 spiro atoms. The Morgan fingerprint density at radius 3 is 2.63 bits per heavy atom. The van der Waals surface area contributed by atoms with Crippen molar-refractivity contribution < 1.29 is 4.74 Å². The molecule has 1 aliphatic carbocycles. The van der Waals surface area contributed by atoms with Gasteiger partial charge < -0.3 is 4.74 Å². The molecule has 1 fully saturated rings. The lowest BCUT2D eigenvalue weighted by molar-refractivity contribution is 0.299. The zero-order valence-electron chi connectivity index (χ0n) is 12.0. The number of nitriles is 1. The van der Waals surface area contributed by atoms with Crippen molar-refractivity contribution in [1.82, 2.24) is 0 Å². The lowest BCUT2D eigenvalue weighted by atomic mass is 9.79. The molecule has 0 heterocycles. The van der Waals surface area contributed by atoms with Gasteiger partial charge in [-0.05, 0) is 42.7 Å². The molecule has 0 N–H and O–H groups in total. The Balaban J connectivity index is 2.25. The molecule has 0 amide bonds. The smallest absolute Gasteiger partial charge is 0.140 e. The molecule has 102 valence electrons. The van der Waals surface area contributed by atoms with Crippen molar-refractivity contribution >= 4 is 0 Å². The van der Waals surface area contributed by atoms with Gasteiger partial charge in [0.05, 0.1) is 12.2 Å². The normalized spacial score (nSPS) is 22.8. The van der Waals surface area contributed by atoms with E-state index in [0.717, 1.165) is 18.1 Å². The van der Waals surface area contributed by atoms with E-state index < -0.39 is 0 Å². The zero-order valence-corrected chi connectivity index (χ0v) is 12.0. The highest BCUT2D eigenvalue weighted by Gasteiger charge is 2.23. The predicted octanol–water partition coefficient (Wildman–Crippen LogP) is 4.64. The minimum absolute atomic E-state index is 0.566. The second-order valence-corrected chi connectivity index (χ2v) is 5.64. The molecule has 0 radical (unpaired) electrons. The monoisotopic (exact) mass is 257 g/mol. The fourth-order valence-corrected chi connectivity index (χ4v) is 2.90. The number of hydrogen-bond donors (Lipinski definition) is 0. The summed E-state index contributed by atoms with van der Waals surface area (Å²) >= 11 is 0. The Morgan fingerprint density at radius 2 is 2.00 bits per heavy atom. The van der Waals surface area contributed by atoms with Gasteiger partial charge >= 0.3 is 0 Å². The maximum Gasteiger partial charge on any atom is 0.140 e. The molecule has 0 saturated heterocycles. The number of nitrogens with zero attached hydrogens (tertiary/aromatic N) is 1. The average molecular weight is 257 g/mol. The fourth-order valence-electron chi connectivity index (χ4n) is 2.90. The van der Waals surface area contributed by atoms with Crippen LogP contribution in [0, 0.1) is 17.2 Å². The van der Waals surface area contributed by atoms with Crippen LogP contribution in [0.5, 0.6) is 5.75 Å². The topological polar surface area (TPSA) is 33.0 Å². The van der Waals surface area contributed by atoms with Gasteiger partial charge in [-0.1, -0.05) is 38.8 Å². The number of para-hydroxylation sites is 1. The van der Waals surface area contributed by atoms with Gasteiger partial charge in [0.15, 0.2) is 0 Å². The molecule has 0 unspecified atom stereocenters. The highest BCUT2D eigenvalue weighted by molar-refractivity contribution is 5.50. The number of ether oxygens (including phenoxy) is 1. The van der Waals surface area contributed by atoms with E-state index >= 15 is 0 Å². The summed E-state index contributed by atoms with van der Waals surface area (Å²) in [5, 5.41) is 9.25. The molecular weight excluding hydrogens is 234 g/mol. The van der Waals surface area contributed by atoms with E-state index in [1.807, 2.05) is 12.1 Å². The Kier molecular flexibility index (Phi) is 4.85. The van der Waals surface area contributed by atoms with Gasteiger partial charge in [0, 0.05) is 0 Å². The van der Waals surface area contributed by atoms with E-state index in [-0.39, 0.29) is 0 Å². The molecular formula is C17H23NO. The van der Waals surface area contributed by atoms with E-state index in [1.165, 1.54) is 31.2 Å². The average Bonchev–Trinajstić information content (AvgIpc) is 2.45. The molecule has 1 aromatic carbocycles. The van der Waals surface area contributed by atoms with Crippen molar-refractivity contribution in [2.24, 2.45) is 5.92 Å². The van der Waals surface area contributed by atoms with Crippen LogP contribution >= 0.6 is 0 Å². The molecule has 0 aromatic heterocycles. The molecule has 0 bridgehead atoms. The van der Waals surface area contributed by atoms with E-state index in [0.29, 0.717) is 18.1 Å². The van der Waals surface area contributed by atoms with Crippen molar-refractivity contribution in [2.75, 3.05) is 6.61 Å². The molecule has 0 atom stereocenters. The minimum Gasteiger partial charge on any atom is -0.492 e. The third-order valence-electron chi connectivity index (χ3n) is 4.07. The van der Waals surface area contributed by atoms with Crippen molar-refractivity contribution in [3.05, 3.63) is 29.3 Å². The minimum atomic E-state index is 0.566. The van der Waals surface area contributed by atoms with Crippen LogP contribution in [0.25, 0.3) is 0 Å². The van der Waals surface area contributed by atoms with Crippen molar-refractivity contribution in [3.63, 3.8) is 0 Å². The largest absolute Gasteiger partial charge is 0.492 e. The summed E-state index contributed by atoms with van der Waals surface area (Å²) in [5.74, 6) is 2.25. The predicted molar refractivity (Wildman–Crippen MR) is 77.3 cm³/mol. The van der Waals surface area contributed by atoms with Crippen LogP contribution in [-0.2, 0) is 0 Å². The van der Waals surface area contributed by atoms with Gasteiger partial charge in [-0.15, -0.1) is 0 Å². The van der Waals surface area contributed by atoms with Gasteiger partial charge in [-0.25, -0.2) is 0 Å². The second-order valence-electron chi connectivity index (χ2n) is 5.64. The van der Waals surface area contributed by atoms with Gasteiger partial charge in [-0.3, -0.25) is 0 Å². The van der Waals surface area contributed by atoms with Gasteiger partial charge in [0.2, 0.25) is 0 Å². The highest BCUT2D eigenvalue weighted by Crippen LogP contribution is 2.40. The van der Waals surface area contributed by atoms with Gasteiger partial charge in [-0.2, -0.15) is 5.26 Å². The van der Waals surface area contributed by atoms with E-state index in [9.17, 15) is 5.26 Å². The first kappa shape index (κ1) is 13.9. The Hall–Kier alpha value is -1.49. The summed E-state index contributed by atoms with van der Waals surface area (Å²) in [6.45, 7) is 5.11. The fraction of sp³-hybridized carbons (Fsp3) is 0.588. The van der Waals surface area contributed by atoms with Crippen LogP contribution < -0.4 is 4.74 Å². The molecule has 19 heavy (non-hydrogen) atoms. The Morgan fingerprint density at radius 1 is 1.26 bits per heavy atom. The highest BCUT2D eigenvalue weighted by atomic mass is 16.5. The summed E-state index contributed by atoms with van der Waals surface area (Å²) in [5.41, 5.74) is 1.93. The third-order valence-corrected chi connectivity index (χ3v) is 4.07. The quantitative estimate of drug-likeness (QED) is 0.787. The second kappa shape index (κ2) is 6.61. The van der Waals surface area contributed by atoms with E-state index in [2.05, 4.69) is 26.0 Å². The summed E-state index contributed by atoms with van der Waals surface area (Å²) < 4.78 is 5.87. The van der Waals surface area contributed by atoms with E-state index in [4.69, 9.17) is 4.74 Å². The van der Waals surface area contributed by atoms with Crippen LogP contribution in [0.4, 0.5) is 0 Å². The first-order valence-corrected chi connectivity index (χ1v) is 7.42. The Labute approximate surface area is 116 Å². The standard InChI is InChI=1S/C17H23NO/c1-3-11-19-17-15(12-18)5-4-6-16(17)14-9-7-13(2)8-10-14/h4-6,13-14H,3,7-11H2,1-2H3. The summed E-state index contributed by atoms with van der Waals surface area (Å²) in [4.78, 5) is 0.